The number of rotatable bonds is 0. The maximum atomic E-state index is 5.69. The second kappa shape index (κ2) is 6190. The van der Waals surface area contributed by atoms with E-state index >= 15 is 0 Å². The Hall–Kier alpha value is 0.384. The molecule has 0 aromatic heterocycles. The van der Waals surface area contributed by atoms with Crippen molar-refractivity contribution in [3.05, 3.63) is 7.43 Å². The second-order valence-electron chi connectivity index (χ2n) is 0. The van der Waals surface area contributed by atoms with Crippen molar-refractivity contribution < 1.29 is 17.2 Å². The van der Waals surface area contributed by atoms with Gasteiger partial charge < -0.3 is 7.43 Å². The molecule has 1 N–H and O–H groups in total. The van der Waals surface area contributed by atoms with E-state index in [0.717, 1.165) is 0 Å². The average molecular weight is 203 g/mol. The fraction of sp³-hybridized carbons (Fsp3) is 0.889. The topological polar surface area (TPSA) is 23.9 Å². The van der Waals surface area contributed by atoms with Gasteiger partial charge in [0.15, 0.2) is 0 Å². The van der Waals surface area contributed by atoms with Crippen LogP contribution in [0.25, 0.3) is 0 Å². The molecule has 0 amide bonds. The van der Waals surface area contributed by atoms with Gasteiger partial charge in [0, 0.05) is 0 Å². The van der Waals surface area contributed by atoms with Crippen molar-refractivity contribution in [1.29, 1.82) is 4.21 Å². The number of hydrogen-bond acceptors (Lipinski definition) is 1. The van der Waals surface area contributed by atoms with E-state index in [9.17, 15) is 0 Å². The molecule has 0 bridgehead atoms. The zero-order valence-electron chi connectivity index (χ0n) is 7.95. The number of nitrogens with one attached hydrogen (secondary N) is 1. The summed E-state index contributed by atoms with van der Waals surface area (Å²) in [4.78, 5) is 0. The minimum atomic E-state index is 0. The Morgan fingerprint density at radius 1 is 0.636 bits per heavy atom. The van der Waals surface area contributed by atoms with Crippen molar-refractivity contribution in [2.75, 3.05) is 0 Å². The van der Waals surface area contributed by atoms with Crippen molar-refractivity contribution in [2.45, 2.75) is 56.4 Å². The Labute approximate surface area is 85.6 Å². The van der Waals surface area contributed by atoms with E-state index in [4.69, 9.17) is 4.21 Å². The molecule has 1 nitrogen and oxygen atoms in total. The Kier molecular flexibility index (Phi) is 35900. The van der Waals surface area contributed by atoms with Gasteiger partial charge in [-0.25, -0.2) is 0 Å². The molecule has 0 saturated carbocycles. The average Bonchev–Trinajstić information content (AvgIpc) is 2.03. The Balaban J connectivity index is -0.00000000356. The van der Waals surface area contributed by atoms with Crippen molar-refractivity contribution in [3.63, 3.8) is 0 Å². The van der Waals surface area contributed by atoms with Crippen LogP contribution in [0.5, 0.6) is 0 Å². The summed E-state index contributed by atoms with van der Waals surface area (Å²) in [5, 5.41) is 0. The Morgan fingerprint density at radius 3 is 0.636 bits per heavy atom. The monoisotopic (exact) mass is 203 g/mol. The van der Waals surface area contributed by atoms with Crippen molar-refractivity contribution in [2.24, 2.45) is 0 Å². The zero-order valence-corrected chi connectivity index (χ0v) is 9.34. The third kappa shape index (κ3) is 4940. The summed E-state index contributed by atoms with van der Waals surface area (Å²) in [6.45, 7) is 12.0. The van der Waals surface area contributed by atoms with Crippen LogP contribution < -0.4 is 0 Å². The maximum absolute atomic E-state index is 5.69. The summed E-state index contributed by atoms with van der Waals surface area (Å²) in [6.07, 6.45) is 0. The third-order valence-electron chi connectivity index (χ3n) is 0. The van der Waals surface area contributed by atoms with Crippen LogP contribution in [0.1, 0.15) is 56.4 Å². The first-order valence-corrected chi connectivity index (χ1v) is 3.92. The molecule has 11 heavy (non-hydrogen) atoms. The molecule has 0 fully saturated rings. The van der Waals surface area contributed by atoms with E-state index < -0.39 is 0 Å². The molecule has 0 saturated heterocycles. The fourth-order valence-corrected chi connectivity index (χ4v) is 0. The standard InChI is InChI=1S/3C2H6.2CH4.CH3.HN.V/c3*1-2;;;;;/h3*1-2H3;2*1H4;1H3;1H;/q;;;;;-1;;. The molecule has 0 aliphatic carbocycles. The van der Waals surface area contributed by atoms with Crippen molar-refractivity contribution in [1.82, 2.24) is 0 Å². The molecule has 0 aromatic carbocycles. The first kappa shape index (κ1) is 63.9. The quantitative estimate of drug-likeness (QED) is 0.530. The first-order valence-electron chi connectivity index (χ1n) is 3.22. The van der Waals surface area contributed by atoms with E-state index in [0.29, 0.717) is 0 Å². The normalized spacial score (nSPS) is 1.91. The molecule has 0 unspecified atom stereocenters. The van der Waals surface area contributed by atoms with Crippen LogP contribution >= 0.6 is 0 Å². The van der Waals surface area contributed by atoms with Crippen LogP contribution in [0.2, 0.25) is 0 Å². The summed E-state index contributed by atoms with van der Waals surface area (Å²) in [5.41, 5.74) is 0. The Morgan fingerprint density at radius 2 is 0.636 bits per heavy atom. The second-order valence-corrected chi connectivity index (χ2v) is 0. The van der Waals surface area contributed by atoms with Crippen LogP contribution in [0.3, 0.4) is 0 Å². The minimum absolute atomic E-state index is 0. The van der Waals surface area contributed by atoms with Crippen molar-refractivity contribution in [3.8, 4) is 0 Å². The van der Waals surface area contributed by atoms with Gasteiger partial charge >= 0.3 is 21.4 Å². The Bertz CT molecular complexity index is 9.52. The van der Waals surface area contributed by atoms with E-state index in [1.54, 1.807) is 17.2 Å². The van der Waals surface area contributed by atoms with Crippen LogP contribution in [0.15, 0.2) is 0 Å². The fourth-order valence-electron chi connectivity index (χ4n) is 0. The predicted molar refractivity (Wildman–Crippen MR) is 56.6 cm³/mol. The van der Waals surface area contributed by atoms with E-state index in [2.05, 4.69) is 0 Å². The van der Waals surface area contributed by atoms with Gasteiger partial charge in [-0.05, 0) is 0 Å². The van der Waals surface area contributed by atoms with E-state index in [1.165, 1.54) is 0 Å². The summed E-state index contributed by atoms with van der Waals surface area (Å²) in [7, 11) is 0. The molecule has 0 heterocycles. The summed E-state index contributed by atoms with van der Waals surface area (Å²) < 4.78 is 5.69. The van der Waals surface area contributed by atoms with Gasteiger partial charge in [-0.2, -0.15) is 0 Å². The van der Waals surface area contributed by atoms with Gasteiger partial charge in [0.25, 0.3) is 0 Å². The molecule has 2 heteroatoms. The first-order chi connectivity index (χ1) is 4.00. The van der Waals surface area contributed by atoms with Gasteiger partial charge in [-0.1, -0.05) is 56.4 Å². The summed E-state index contributed by atoms with van der Waals surface area (Å²) in [6, 6.07) is 0. The zero-order chi connectivity index (χ0) is 8.00. The van der Waals surface area contributed by atoms with Crippen LogP contribution in [0.4, 0.5) is 0 Å². The molecule has 0 aliphatic rings. The van der Waals surface area contributed by atoms with Gasteiger partial charge in [0.1, 0.15) is 0 Å². The molecule has 0 radical (unpaired) electrons. The molecule has 77 valence electrons. The van der Waals surface area contributed by atoms with Gasteiger partial charge in [-0.3, -0.25) is 0 Å². The van der Waals surface area contributed by atoms with Gasteiger partial charge in [0.2, 0.25) is 0 Å². The molecular weight excluding hydrogens is 173 g/mol. The third-order valence-corrected chi connectivity index (χ3v) is 0. The molecule has 0 spiro atoms. The molecule has 0 rings (SSSR count). The molecule has 0 aromatic rings. The predicted octanol–water partition coefficient (Wildman–Crippen LogP) is 5.10. The van der Waals surface area contributed by atoms with E-state index in [1.807, 2.05) is 41.5 Å². The molecular formula is C9H30NV-. The SMILES string of the molecule is C.C.CC.CC.CC.[CH3-].[NH]=[V]. The van der Waals surface area contributed by atoms with Gasteiger partial charge in [-0.15, -0.1) is 0 Å². The summed E-state index contributed by atoms with van der Waals surface area (Å²) >= 11 is 1.56. The van der Waals surface area contributed by atoms with Crippen LogP contribution in [-0.2, 0) is 17.2 Å². The number of hydrogen-bond donors (Lipinski definition) is 1. The molecule has 0 aliphatic heterocycles. The van der Waals surface area contributed by atoms with E-state index in [-0.39, 0.29) is 22.3 Å². The van der Waals surface area contributed by atoms with Gasteiger partial charge in [0.05, 0.1) is 0 Å². The van der Waals surface area contributed by atoms with Crippen molar-refractivity contribution >= 4 is 0 Å². The molecule has 0 atom stereocenters. The van der Waals surface area contributed by atoms with Crippen LogP contribution in [-0.4, -0.2) is 0 Å². The van der Waals surface area contributed by atoms with Crippen LogP contribution in [0, 0.1) is 11.6 Å². The summed E-state index contributed by atoms with van der Waals surface area (Å²) in [5.74, 6) is 0.